The van der Waals surface area contributed by atoms with Gasteiger partial charge in [0.15, 0.2) is 5.82 Å². The Morgan fingerprint density at radius 1 is 1.33 bits per heavy atom. The molecule has 112 valence electrons. The normalized spacial score (nSPS) is 12.1. The molecule has 0 aliphatic heterocycles. The molecule has 1 unspecified atom stereocenters. The SMILES string of the molecule is Cc1ccc(NC(=O)C(C)NCCc2ncn(C)n2)cc1. The maximum Gasteiger partial charge on any atom is 0.241 e. The molecule has 0 bridgehead atoms. The van der Waals surface area contributed by atoms with E-state index in [0.29, 0.717) is 13.0 Å². The van der Waals surface area contributed by atoms with E-state index in [1.165, 1.54) is 5.56 Å². The second kappa shape index (κ2) is 6.99. The number of aromatic nitrogens is 3. The van der Waals surface area contributed by atoms with Crippen molar-refractivity contribution in [1.29, 1.82) is 0 Å². The number of carbonyl (C=O) groups excluding carboxylic acids is 1. The van der Waals surface area contributed by atoms with E-state index in [9.17, 15) is 4.79 Å². The molecule has 2 rings (SSSR count). The van der Waals surface area contributed by atoms with Crippen molar-refractivity contribution in [1.82, 2.24) is 20.1 Å². The summed E-state index contributed by atoms with van der Waals surface area (Å²) in [5.41, 5.74) is 1.98. The number of nitrogens with one attached hydrogen (secondary N) is 2. The third-order valence-corrected chi connectivity index (χ3v) is 3.16. The van der Waals surface area contributed by atoms with E-state index < -0.39 is 0 Å². The Balaban J connectivity index is 1.75. The summed E-state index contributed by atoms with van der Waals surface area (Å²) in [5, 5.41) is 10.2. The van der Waals surface area contributed by atoms with Gasteiger partial charge in [-0.15, -0.1) is 0 Å². The number of aryl methyl sites for hydroxylation is 2. The molecule has 1 amide bonds. The van der Waals surface area contributed by atoms with E-state index >= 15 is 0 Å². The number of rotatable bonds is 6. The van der Waals surface area contributed by atoms with E-state index in [4.69, 9.17) is 0 Å². The van der Waals surface area contributed by atoms with Crippen LogP contribution in [0.5, 0.6) is 0 Å². The molecule has 0 saturated carbocycles. The molecule has 6 nitrogen and oxygen atoms in total. The van der Waals surface area contributed by atoms with Crippen LogP contribution in [0.4, 0.5) is 5.69 Å². The van der Waals surface area contributed by atoms with Crippen molar-refractivity contribution in [2.24, 2.45) is 7.05 Å². The zero-order valence-corrected chi connectivity index (χ0v) is 12.6. The van der Waals surface area contributed by atoms with Crippen LogP contribution < -0.4 is 10.6 Å². The number of amides is 1. The highest BCUT2D eigenvalue weighted by molar-refractivity contribution is 5.94. The quantitative estimate of drug-likeness (QED) is 0.839. The Kier molecular flexibility index (Phi) is 5.05. The summed E-state index contributed by atoms with van der Waals surface area (Å²) in [6, 6.07) is 7.48. The van der Waals surface area contributed by atoms with Crippen LogP contribution in [0.3, 0.4) is 0 Å². The van der Waals surface area contributed by atoms with Crippen LogP contribution >= 0.6 is 0 Å². The van der Waals surface area contributed by atoms with Gasteiger partial charge in [0.2, 0.25) is 5.91 Å². The molecule has 2 N–H and O–H groups in total. The Labute approximate surface area is 124 Å². The first-order valence-electron chi connectivity index (χ1n) is 7.00. The van der Waals surface area contributed by atoms with Gasteiger partial charge >= 0.3 is 0 Å². The fourth-order valence-electron chi connectivity index (χ4n) is 1.88. The average Bonchev–Trinajstić information content (AvgIpc) is 2.87. The topological polar surface area (TPSA) is 71.8 Å². The average molecular weight is 287 g/mol. The molecule has 6 heteroatoms. The number of hydrogen-bond acceptors (Lipinski definition) is 4. The maximum absolute atomic E-state index is 12.0. The van der Waals surface area contributed by atoms with Crippen molar-refractivity contribution in [3.05, 3.63) is 42.0 Å². The summed E-state index contributed by atoms with van der Waals surface area (Å²) in [5.74, 6) is 0.726. The Bertz CT molecular complexity index is 590. The Morgan fingerprint density at radius 2 is 2.05 bits per heavy atom. The first kappa shape index (κ1) is 15.2. The molecular formula is C15H21N5O. The van der Waals surface area contributed by atoms with Crippen molar-refractivity contribution in [2.75, 3.05) is 11.9 Å². The molecule has 1 atom stereocenters. The minimum atomic E-state index is -0.269. The summed E-state index contributed by atoms with van der Waals surface area (Å²) in [7, 11) is 1.83. The molecular weight excluding hydrogens is 266 g/mol. The van der Waals surface area contributed by atoms with Crippen LogP contribution in [0.25, 0.3) is 0 Å². The van der Waals surface area contributed by atoms with Crippen LogP contribution in [-0.4, -0.2) is 33.3 Å². The summed E-state index contributed by atoms with van der Waals surface area (Å²) in [6.45, 7) is 4.52. The molecule has 0 aliphatic rings. The molecule has 2 aromatic rings. The number of nitrogens with zero attached hydrogens (tertiary/aromatic N) is 3. The summed E-state index contributed by atoms with van der Waals surface area (Å²) >= 11 is 0. The second-order valence-electron chi connectivity index (χ2n) is 5.12. The van der Waals surface area contributed by atoms with Gasteiger partial charge in [0.1, 0.15) is 6.33 Å². The first-order chi connectivity index (χ1) is 10.0. The monoisotopic (exact) mass is 287 g/mol. The lowest BCUT2D eigenvalue weighted by Gasteiger charge is -2.13. The van der Waals surface area contributed by atoms with Crippen LogP contribution in [0.1, 0.15) is 18.3 Å². The fourth-order valence-corrected chi connectivity index (χ4v) is 1.88. The number of benzene rings is 1. The lowest BCUT2D eigenvalue weighted by atomic mass is 10.2. The van der Waals surface area contributed by atoms with E-state index in [1.807, 2.05) is 45.2 Å². The van der Waals surface area contributed by atoms with Crippen molar-refractivity contribution < 1.29 is 4.79 Å². The third-order valence-electron chi connectivity index (χ3n) is 3.16. The molecule has 0 fully saturated rings. The molecule has 21 heavy (non-hydrogen) atoms. The van der Waals surface area contributed by atoms with E-state index in [0.717, 1.165) is 11.5 Å². The predicted octanol–water partition coefficient (Wildman–Crippen LogP) is 1.28. The fraction of sp³-hybridized carbons (Fsp3) is 0.400. The van der Waals surface area contributed by atoms with Gasteiger partial charge in [-0.05, 0) is 26.0 Å². The first-order valence-corrected chi connectivity index (χ1v) is 7.00. The Morgan fingerprint density at radius 3 is 2.67 bits per heavy atom. The summed E-state index contributed by atoms with van der Waals surface area (Å²) in [4.78, 5) is 16.2. The second-order valence-corrected chi connectivity index (χ2v) is 5.12. The van der Waals surface area contributed by atoms with E-state index in [-0.39, 0.29) is 11.9 Å². The lowest BCUT2D eigenvalue weighted by Crippen LogP contribution is -2.39. The summed E-state index contributed by atoms with van der Waals surface area (Å²) in [6.07, 6.45) is 2.37. The summed E-state index contributed by atoms with van der Waals surface area (Å²) < 4.78 is 1.67. The molecule has 0 spiro atoms. The standard InChI is InChI=1S/C15H21N5O/c1-11-4-6-13(7-5-11)18-15(21)12(2)16-9-8-14-17-10-20(3)19-14/h4-7,10,12,16H,8-9H2,1-3H3,(H,18,21). The number of anilines is 1. The molecule has 0 radical (unpaired) electrons. The van der Waals surface area contributed by atoms with Gasteiger partial charge in [-0.2, -0.15) is 5.10 Å². The zero-order chi connectivity index (χ0) is 15.2. The van der Waals surface area contributed by atoms with Crippen molar-refractivity contribution in [2.45, 2.75) is 26.3 Å². The maximum atomic E-state index is 12.0. The number of carbonyl (C=O) groups is 1. The van der Waals surface area contributed by atoms with Crippen molar-refractivity contribution in [3.63, 3.8) is 0 Å². The van der Waals surface area contributed by atoms with Gasteiger partial charge in [0.05, 0.1) is 6.04 Å². The van der Waals surface area contributed by atoms with Crippen molar-refractivity contribution in [3.8, 4) is 0 Å². The van der Waals surface area contributed by atoms with Crippen LogP contribution in [0.2, 0.25) is 0 Å². The van der Waals surface area contributed by atoms with E-state index in [2.05, 4.69) is 20.7 Å². The molecule has 1 aromatic heterocycles. The smallest absolute Gasteiger partial charge is 0.241 e. The highest BCUT2D eigenvalue weighted by Crippen LogP contribution is 2.08. The van der Waals surface area contributed by atoms with Gasteiger partial charge in [0, 0.05) is 25.7 Å². The molecule has 1 aromatic carbocycles. The zero-order valence-electron chi connectivity index (χ0n) is 12.6. The van der Waals surface area contributed by atoms with Crippen LogP contribution in [-0.2, 0) is 18.3 Å². The van der Waals surface area contributed by atoms with Crippen LogP contribution in [0, 0.1) is 6.92 Å². The largest absolute Gasteiger partial charge is 0.325 e. The van der Waals surface area contributed by atoms with Gasteiger partial charge in [-0.1, -0.05) is 17.7 Å². The molecule has 0 saturated heterocycles. The van der Waals surface area contributed by atoms with E-state index in [1.54, 1.807) is 11.0 Å². The van der Waals surface area contributed by atoms with Gasteiger partial charge in [0.25, 0.3) is 0 Å². The predicted molar refractivity (Wildman–Crippen MR) is 82.0 cm³/mol. The third kappa shape index (κ3) is 4.68. The highest BCUT2D eigenvalue weighted by atomic mass is 16.2. The Hall–Kier alpha value is -2.21. The highest BCUT2D eigenvalue weighted by Gasteiger charge is 2.12. The van der Waals surface area contributed by atoms with Gasteiger partial charge < -0.3 is 10.6 Å². The minimum Gasteiger partial charge on any atom is -0.325 e. The van der Waals surface area contributed by atoms with Crippen molar-refractivity contribution >= 4 is 11.6 Å². The van der Waals surface area contributed by atoms with Crippen LogP contribution in [0.15, 0.2) is 30.6 Å². The number of hydrogen-bond donors (Lipinski definition) is 2. The van der Waals surface area contributed by atoms with Gasteiger partial charge in [-0.3, -0.25) is 9.48 Å². The molecule has 1 heterocycles. The lowest BCUT2D eigenvalue weighted by molar-refractivity contribution is -0.117. The van der Waals surface area contributed by atoms with Gasteiger partial charge in [-0.25, -0.2) is 4.98 Å². The molecule has 0 aliphatic carbocycles. The minimum absolute atomic E-state index is 0.0483.